The van der Waals surface area contributed by atoms with Gasteiger partial charge in [-0.05, 0) is 33.1 Å². The zero-order chi connectivity index (χ0) is 14.8. The number of amides is 1. The molecule has 5 heteroatoms. The van der Waals surface area contributed by atoms with E-state index in [-0.39, 0.29) is 0 Å². The van der Waals surface area contributed by atoms with Crippen LogP contribution in [-0.4, -0.2) is 46.9 Å². The van der Waals surface area contributed by atoms with Crippen LogP contribution in [0.4, 0.5) is 0 Å². The first-order chi connectivity index (χ1) is 10.1. The van der Waals surface area contributed by atoms with Crippen LogP contribution in [0.5, 0.6) is 0 Å². The summed E-state index contributed by atoms with van der Waals surface area (Å²) in [5.74, 6) is 0.746. The first kappa shape index (κ1) is 15.0. The zero-order valence-electron chi connectivity index (χ0n) is 13.1. The molecule has 0 atom stereocenters. The highest BCUT2D eigenvalue weighted by atomic mass is 32.1. The molecule has 0 radical (unpaired) electrons. The minimum Gasteiger partial charge on any atom is -0.341 e. The molecule has 4 nitrogen and oxygen atoms in total. The van der Waals surface area contributed by atoms with E-state index in [9.17, 15) is 4.79 Å². The zero-order valence-corrected chi connectivity index (χ0v) is 13.9. The van der Waals surface area contributed by atoms with Crippen molar-refractivity contribution < 1.29 is 4.79 Å². The fraction of sp³-hybridized carbons (Fsp3) is 0.750. The number of carbonyl (C=O) groups is 1. The molecule has 1 aromatic heterocycles. The van der Waals surface area contributed by atoms with Crippen LogP contribution in [0.2, 0.25) is 0 Å². The van der Waals surface area contributed by atoms with Gasteiger partial charge in [0.05, 0.1) is 10.7 Å². The Bertz CT molecular complexity index is 510. The molecule has 1 amide bonds. The van der Waals surface area contributed by atoms with Crippen LogP contribution in [0.1, 0.15) is 41.3 Å². The fourth-order valence-electron chi connectivity index (χ4n) is 3.19. The van der Waals surface area contributed by atoms with Gasteiger partial charge in [0, 0.05) is 43.5 Å². The normalized spacial score (nSPS) is 21.1. The molecule has 0 unspecified atom stereocenters. The molecule has 1 saturated heterocycles. The van der Waals surface area contributed by atoms with Gasteiger partial charge in [0.15, 0.2) is 0 Å². The molecule has 3 rings (SSSR count). The monoisotopic (exact) mass is 307 g/mol. The minimum absolute atomic E-state index is 0.336. The van der Waals surface area contributed by atoms with Crippen molar-refractivity contribution in [1.82, 2.24) is 14.8 Å². The quantitative estimate of drug-likeness (QED) is 0.861. The van der Waals surface area contributed by atoms with E-state index in [1.165, 1.54) is 17.0 Å². The molecule has 2 fully saturated rings. The Morgan fingerprint density at radius 3 is 2.62 bits per heavy atom. The van der Waals surface area contributed by atoms with Crippen molar-refractivity contribution in [3.8, 4) is 0 Å². The average molecular weight is 307 g/mol. The highest BCUT2D eigenvalue weighted by Gasteiger charge is 2.30. The number of hydrogen-bond acceptors (Lipinski definition) is 4. The first-order valence-corrected chi connectivity index (χ1v) is 8.89. The summed E-state index contributed by atoms with van der Waals surface area (Å²) in [6, 6.07) is 0. The summed E-state index contributed by atoms with van der Waals surface area (Å²) in [6.07, 6.45) is 4.55. The molecule has 21 heavy (non-hydrogen) atoms. The van der Waals surface area contributed by atoms with Crippen molar-refractivity contribution in [2.24, 2.45) is 5.92 Å². The Balaban J connectivity index is 1.55. The Morgan fingerprint density at radius 1 is 1.19 bits per heavy atom. The van der Waals surface area contributed by atoms with Gasteiger partial charge in [0.25, 0.3) is 0 Å². The summed E-state index contributed by atoms with van der Waals surface area (Å²) >= 11 is 1.81. The highest BCUT2D eigenvalue weighted by Crippen LogP contribution is 2.28. The van der Waals surface area contributed by atoms with Crippen LogP contribution in [0, 0.1) is 19.8 Å². The van der Waals surface area contributed by atoms with E-state index in [2.05, 4.69) is 28.6 Å². The van der Waals surface area contributed by atoms with E-state index in [4.69, 9.17) is 0 Å². The van der Waals surface area contributed by atoms with Crippen molar-refractivity contribution in [2.45, 2.75) is 46.1 Å². The van der Waals surface area contributed by atoms with Crippen LogP contribution in [0.3, 0.4) is 0 Å². The fourth-order valence-corrected chi connectivity index (χ4v) is 4.17. The summed E-state index contributed by atoms with van der Waals surface area (Å²) in [4.78, 5) is 22.8. The number of rotatable bonds is 3. The molecule has 116 valence electrons. The average Bonchev–Trinajstić information content (AvgIpc) is 2.60. The Labute approximate surface area is 131 Å². The summed E-state index contributed by atoms with van der Waals surface area (Å²) in [7, 11) is 0. The maximum atomic E-state index is 12.4. The van der Waals surface area contributed by atoms with Crippen LogP contribution in [-0.2, 0) is 11.3 Å². The second-order valence-corrected chi connectivity index (χ2v) is 7.61. The third-order valence-corrected chi connectivity index (χ3v) is 5.78. The van der Waals surface area contributed by atoms with E-state index in [1.54, 1.807) is 11.3 Å². The molecule has 2 aliphatic rings. The van der Waals surface area contributed by atoms with E-state index < -0.39 is 0 Å². The van der Waals surface area contributed by atoms with E-state index in [1.807, 2.05) is 0 Å². The summed E-state index contributed by atoms with van der Waals surface area (Å²) < 4.78 is 0. The molecule has 1 aliphatic heterocycles. The molecule has 0 N–H and O–H groups in total. The van der Waals surface area contributed by atoms with Crippen molar-refractivity contribution in [2.75, 3.05) is 26.2 Å². The Hall–Kier alpha value is -0.940. The number of thiazole rings is 1. The Kier molecular flexibility index (Phi) is 4.60. The van der Waals surface area contributed by atoms with E-state index in [0.29, 0.717) is 11.8 Å². The lowest BCUT2D eigenvalue weighted by Crippen LogP contribution is -2.41. The third-order valence-electron chi connectivity index (χ3n) is 4.72. The molecule has 1 saturated carbocycles. The van der Waals surface area contributed by atoms with Crippen LogP contribution in [0.25, 0.3) is 0 Å². The summed E-state index contributed by atoms with van der Waals surface area (Å²) in [6.45, 7) is 9.08. The number of aryl methyl sites for hydroxylation is 2. The van der Waals surface area contributed by atoms with Crippen molar-refractivity contribution >= 4 is 17.2 Å². The molecule has 0 bridgehead atoms. The molecule has 1 aromatic rings. The summed E-state index contributed by atoms with van der Waals surface area (Å²) in [5.41, 5.74) is 1.17. The number of carbonyl (C=O) groups excluding carboxylic acids is 1. The lowest BCUT2D eigenvalue weighted by molar-refractivity contribution is -0.138. The lowest BCUT2D eigenvalue weighted by atomic mass is 9.84. The third kappa shape index (κ3) is 3.46. The molecule has 0 spiro atoms. The SMILES string of the molecule is Cc1nc(C)c(CN2CCCN(C(=O)C3CCC3)CC2)s1. The second-order valence-electron chi connectivity index (χ2n) is 6.32. The van der Waals surface area contributed by atoms with Crippen molar-refractivity contribution in [1.29, 1.82) is 0 Å². The largest absolute Gasteiger partial charge is 0.341 e. The molecular weight excluding hydrogens is 282 g/mol. The summed E-state index contributed by atoms with van der Waals surface area (Å²) in [5, 5.41) is 1.15. The highest BCUT2D eigenvalue weighted by molar-refractivity contribution is 7.11. The predicted molar refractivity (Wildman–Crippen MR) is 85.4 cm³/mol. The lowest BCUT2D eigenvalue weighted by Gasteiger charge is -2.31. The van der Waals surface area contributed by atoms with E-state index >= 15 is 0 Å². The van der Waals surface area contributed by atoms with E-state index in [0.717, 1.165) is 57.0 Å². The maximum absolute atomic E-state index is 12.4. The predicted octanol–water partition coefficient (Wildman–Crippen LogP) is 2.59. The Morgan fingerprint density at radius 2 is 2.00 bits per heavy atom. The van der Waals surface area contributed by atoms with Crippen LogP contribution < -0.4 is 0 Å². The van der Waals surface area contributed by atoms with Gasteiger partial charge in [-0.2, -0.15) is 0 Å². The van der Waals surface area contributed by atoms with Gasteiger partial charge in [-0.3, -0.25) is 9.69 Å². The number of nitrogens with zero attached hydrogens (tertiary/aromatic N) is 3. The smallest absolute Gasteiger partial charge is 0.225 e. The molecule has 2 heterocycles. The van der Waals surface area contributed by atoms with Gasteiger partial charge in [-0.25, -0.2) is 4.98 Å². The standard InChI is InChI=1S/C16H25N3OS/c1-12-15(21-13(2)17-12)11-18-7-4-8-19(10-9-18)16(20)14-5-3-6-14/h14H,3-11H2,1-2H3. The van der Waals surface area contributed by atoms with Gasteiger partial charge >= 0.3 is 0 Å². The van der Waals surface area contributed by atoms with Gasteiger partial charge in [0.2, 0.25) is 5.91 Å². The maximum Gasteiger partial charge on any atom is 0.225 e. The van der Waals surface area contributed by atoms with Gasteiger partial charge in [-0.15, -0.1) is 11.3 Å². The molecule has 1 aliphatic carbocycles. The molecular formula is C16H25N3OS. The van der Waals surface area contributed by atoms with Gasteiger partial charge < -0.3 is 4.90 Å². The van der Waals surface area contributed by atoms with Crippen LogP contribution >= 0.6 is 11.3 Å². The number of aromatic nitrogens is 1. The topological polar surface area (TPSA) is 36.4 Å². The molecule has 0 aromatic carbocycles. The van der Waals surface area contributed by atoms with Crippen molar-refractivity contribution in [3.63, 3.8) is 0 Å². The van der Waals surface area contributed by atoms with Gasteiger partial charge in [-0.1, -0.05) is 6.42 Å². The first-order valence-electron chi connectivity index (χ1n) is 8.07. The second kappa shape index (κ2) is 6.44. The van der Waals surface area contributed by atoms with Gasteiger partial charge in [0.1, 0.15) is 0 Å². The minimum atomic E-state index is 0.336. The number of hydrogen-bond donors (Lipinski definition) is 0. The van der Waals surface area contributed by atoms with Crippen LogP contribution in [0.15, 0.2) is 0 Å². The van der Waals surface area contributed by atoms with Crippen molar-refractivity contribution in [3.05, 3.63) is 15.6 Å².